The summed E-state index contributed by atoms with van der Waals surface area (Å²) in [5, 5.41) is 8.41. The van der Waals surface area contributed by atoms with Crippen LogP contribution >= 0.6 is 11.3 Å². The first-order valence-corrected chi connectivity index (χ1v) is 10.3. The molecule has 1 aliphatic heterocycles. The molecule has 9 heteroatoms. The van der Waals surface area contributed by atoms with Gasteiger partial charge in [-0.25, -0.2) is 9.37 Å². The molecule has 1 aromatic carbocycles. The van der Waals surface area contributed by atoms with Gasteiger partial charge < -0.3 is 15.0 Å². The van der Waals surface area contributed by atoms with E-state index in [1.165, 1.54) is 29.9 Å². The number of fused-ring (bicyclic) bond motifs is 1. The Morgan fingerprint density at radius 1 is 1.32 bits per heavy atom. The third kappa shape index (κ3) is 3.85. The molecule has 1 saturated heterocycles. The van der Waals surface area contributed by atoms with Crippen molar-refractivity contribution in [3.63, 3.8) is 0 Å². The van der Waals surface area contributed by atoms with Gasteiger partial charge in [0.05, 0.1) is 0 Å². The van der Waals surface area contributed by atoms with Crippen molar-refractivity contribution >= 4 is 33.2 Å². The Labute approximate surface area is 166 Å². The van der Waals surface area contributed by atoms with E-state index >= 15 is 0 Å². The van der Waals surface area contributed by atoms with Crippen LogP contribution in [-0.2, 0) is 9.53 Å². The number of imidazole rings is 1. The van der Waals surface area contributed by atoms with Crippen molar-refractivity contribution in [2.45, 2.75) is 26.2 Å². The molecule has 148 valence electrons. The molecule has 0 bridgehead atoms. The zero-order chi connectivity index (χ0) is 19.5. The van der Waals surface area contributed by atoms with Gasteiger partial charge in [0.2, 0.25) is 10.1 Å². The number of halogens is 1. The second kappa shape index (κ2) is 8.24. The minimum absolute atomic E-state index is 0.0601. The molecule has 1 N–H and O–H groups in total. The van der Waals surface area contributed by atoms with Gasteiger partial charge in [-0.2, -0.15) is 4.52 Å². The summed E-state index contributed by atoms with van der Waals surface area (Å²) >= 11 is 1.47. The summed E-state index contributed by atoms with van der Waals surface area (Å²) in [5.74, 6) is -0.221. The molecular weight excluding hydrogens is 381 g/mol. The van der Waals surface area contributed by atoms with Crippen molar-refractivity contribution in [2.24, 2.45) is 0 Å². The molecule has 1 fully saturated rings. The van der Waals surface area contributed by atoms with Crippen molar-refractivity contribution in [1.82, 2.24) is 14.6 Å². The van der Waals surface area contributed by atoms with Gasteiger partial charge in [-0.15, -0.1) is 5.10 Å². The molecule has 0 spiro atoms. The fraction of sp³-hybridized carbons (Fsp3) is 0.421. The number of aromatic nitrogens is 3. The molecule has 7 nitrogen and oxygen atoms in total. The van der Waals surface area contributed by atoms with Crippen LogP contribution < -0.4 is 10.2 Å². The quantitative estimate of drug-likeness (QED) is 0.681. The number of piperidine rings is 1. The van der Waals surface area contributed by atoms with Crippen LogP contribution in [0.1, 0.15) is 26.2 Å². The van der Waals surface area contributed by atoms with Crippen molar-refractivity contribution < 1.29 is 13.9 Å². The van der Waals surface area contributed by atoms with Gasteiger partial charge in [-0.3, -0.25) is 4.79 Å². The SMILES string of the molecule is CCOCC(=O)Nc1c(-c2cccc(F)c2)nc2sc(N3CCCCC3)nn12. The molecule has 4 rings (SSSR count). The number of hydrogen-bond donors (Lipinski definition) is 1. The smallest absolute Gasteiger partial charge is 0.251 e. The fourth-order valence-electron chi connectivity index (χ4n) is 3.26. The van der Waals surface area contributed by atoms with E-state index in [2.05, 4.69) is 20.3 Å². The Bertz CT molecular complexity index is 980. The van der Waals surface area contributed by atoms with Gasteiger partial charge in [0.25, 0.3) is 5.91 Å². The summed E-state index contributed by atoms with van der Waals surface area (Å²) in [7, 11) is 0. The Balaban J connectivity index is 1.73. The van der Waals surface area contributed by atoms with E-state index < -0.39 is 0 Å². The second-order valence-electron chi connectivity index (χ2n) is 6.63. The maximum atomic E-state index is 13.7. The van der Waals surface area contributed by atoms with E-state index in [0.717, 1.165) is 31.1 Å². The lowest BCUT2D eigenvalue weighted by Crippen LogP contribution is -2.29. The zero-order valence-corrected chi connectivity index (χ0v) is 16.5. The first-order valence-electron chi connectivity index (χ1n) is 9.43. The molecule has 1 amide bonds. The van der Waals surface area contributed by atoms with Crippen LogP contribution in [0.3, 0.4) is 0 Å². The maximum absolute atomic E-state index is 13.7. The monoisotopic (exact) mass is 403 g/mol. The molecule has 0 unspecified atom stereocenters. The lowest BCUT2D eigenvalue weighted by atomic mass is 10.1. The highest BCUT2D eigenvalue weighted by atomic mass is 32.1. The summed E-state index contributed by atoms with van der Waals surface area (Å²) in [4.78, 5) is 19.8. The van der Waals surface area contributed by atoms with Gasteiger partial charge in [-0.05, 0) is 38.3 Å². The average molecular weight is 403 g/mol. The van der Waals surface area contributed by atoms with Gasteiger partial charge in [0, 0.05) is 25.3 Å². The highest BCUT2D eigenvalue weighted by Crippen LogP contribution is 2.34. The van der Waals surface area contributed by atoms with E-state index in [4.69, 9.17) is 4.74 Å². The van der Waals surface area contributed by atoms with Crippen molar-refractivity contribution in [3.8, 4) is 11.3 Å². The average Bonchev–Trinajstić information content (AvgIpc) is 3.26. The molecule has 0 aliphatic carbocycles. The molecule has 3 heterocycles. The molecule has 0 radical (unpaired) electrons. The summed E-state index contributed by atoms with van der Waals surface area (Å²) in [5.41, 5.74) is 1.08. The van der Waals surface area contributed by atoms with Crippen molar-refractivity contribution in [2.75, 3.05) is 36.5 Å². The standard InChI is InChI=1S/C19H22FN5O2S/c1-2-27-12-15(26)21-17-16(13-7-6-8-14(20)11-13)22-18-25(17)23-19(28-18)24-9-4-3-5-10-24/h6-8,11H,2-5,9-10,12H2,1H3,(H,21,26). The third-order valence-corrected chi connectivity index (χ3v) is 5.58. The Kier molecular flexibility index (Phi) is 5.54. The molecule has 3 aromatic rings. The van der Waals surface area contributed by atoms with Gasteiger partial charge >= 0.3 is 0 Å². The molecule has 2 aromatic heterocycles. The summed E-state index contributed by atoms with van der Waals surface area (Å²) in [6.07, 6.45) is 3.53. The molecular formula is C19H22FN5O2S. The Morgan fingerprint density at radius 3 is 2.89 bits per heavy atom. The zero-order valence-electron chi connectivity index (χ0n) is 15.7. The van der Waals surface area contributed by atoms with E-state index in [-0.39, 0.29) is 18.3 Å². The number of benzene rings is 1. The minimum Gasteiger partial charge on any atom is -0.372 e. The van der Waals surface area contributed by atoms with Crippen molar-refractivity contribution in [1.29, 1.82) is 0 Å². The maximum Gasteiger partial charge on any atom is 0.251 e. The first kappa shape index (κ1) is 18.8. The molecule has 28 heavy (non-hydrogen) atoms. The summed E-state index contributed by atoms with van der Waals surface area (Å²) in [6.45, 7) is 4.16. The van der Waals surface area contributed by atoms with Crippen LogP contribution in [0.25, 0.3) is 16.2 Å². The largest absolute Gasteiger partial charge is 0.372 e. The van der Waals surface area contributed by atoms with E-state index in [0.29, 0.717) is 28.6 Å². The first-order chi connectivity index (χ1) is 13.7. The van der Waals surface area contributed by atoms with Crippen LogP contribution in [0.15, 0.2) is 24.3 Å². The lowest BCUT2D eigenvalue weighted by Gasteiger charge is -2.25. The Morgan fingerprint density at radius 2 is 2.14 bits per heavy atom. The summed E-state index contributed by atoms with van der Waals surface area (Å²) < 4.78 is 20.6. The molecule has 0 atom stereocenters. The fourth-order valence-corrected chi connectivity index (χ4v) is 4.22. The topological polar surface area (TPSA) is 71.8 Å². The van der Waals surface area contributed by atoms with Gasteiger partial charge in [0.1, 0.15) is 18.1 Å². The normalized spacial score (nSPS) is 14.6. The predicted octanol–water partition coefficient (Wildman–Crippen LogP) is 3.56. The van der Waals surface area contributed by atoms with Crippen LogP contribution in [0.4, 0.5) is 15.3 Å². The van der Waals surface area contributed by atoms with Crippen LogP contribution in [0.5, 0.6) is 0 Å². The van der Waals surface area contributed by atoms with Gasteiger partial charge in [0.15, 0.2) is 5.82 Å². The van der Waals surface area contributed by atoms with Crippen molar-refractivity contribution in [3.05, 3.63) is 30.1 Å². The van der Waals surface area contributed by atoms with E-state index in [9.17, 15) is 9.18 Å². The number of carbonyl (C=O) groups is 1. The minimum atomic E-state index is -0.359. The predicted molar refractivity (Wildman–Crippen MR) is 107 cm³/mol. The number of nitrogens with one attached hydrogen (secondary N) is 1. The highest BCUT2D eigenvalue weighted by molar-refractivity contribution is 7.20. The number of anilines is 2. The van der Waals surface area contributed by atoms with E-state index in [1.54, 1.807) is 16.6 Å². The van der Waals surface area contributed by atoms with E-state index in [1.807, 2.05) is 6.92 Å². The van der Waals surface area contributed by atoms with Crippen LogP contribution in [0.2, 0.25) is 0 Å². The van der Waals surface area contributed by atoms with Gasteiger partial charge in [-0.1, -0.05) is 23.5 Å². The number of amides is 1. The highest BCUT2D eigenvalue weighted by Gasteiger charge is 2.23. The number of ether oxygens (including phenoxy) is 1. The third-order valence-electron chi connectivity index (χ3n) is 4.61. The van der Waals surface area contributed by atoms with Crippen LogP contribution in [0, 0.1) is 5.82 Å². The number of hydrogen-bond acceptors (Lipinski definition) is 6. The Hall–Kier alpha value is -2.52. The lowest BCUT2D eigenvalue weighted by molar-refractivity contribution is -0.120. The summed E-state index contributed by atoms with van der Waals surface area (Å²) in [6, 6.07) is 6.16. The number of nitrogens with zero attached hydrogens (tertiary/aromatic N) is 4. The molecule has 1 aliphatic rings. The molecule has 0 saturated carbocycles. The number of carbonyl (C=O) groups excluding carboxylic acids is 1. The second-order valence-corrected chi connectivity index (χ2v) is 7.57. The number of rotatable bonds is 6. The van der Waals surface area contributed by atoms with Crippen LogP contribution in [-0.4, -0.2) is 46.8 Å².